The minimum absolute atomic E-state index is 0.546. The lowest BCUT2D eigenvalue weighted by Gasteiger charge is -2.26. The molecule has 136 valence electrons. The van der Waals surface area contributed by atoms with Crippen molar-refractivity contribution < 1.29 is 0 Å². The van der Waals surface area contributed by atoms with Crippen molar-refractivity contribution in [3.63, 3.8) is 0 Å². The van der Waals surface area contributed by atoms with Gasteiger partial charge in [-0.1, -0.05) is 77.8 Å². The van der Waals surface area contributed by atoms with E-state index in [1.165, 1.54) is 20.9 Å². The van der Waals surface area contributed by atoms with E-state index >= 15 is 0 Å². The molecule has 4 heteroatoms. The Balaban J connectivity index is 1.86. The van der Waals surface area contributed by atoms with Gasteiger partial charge < -0.3 is 4.90 Å². The van der Waals surface area contributed by atoms with Crippen molar-refractivity contribution in [2.45, 2.75) is 0 Å². The number of rotatable bonds is 3. The molecular formula is C24H15Cl2NS. The standard InChI is InChI=1S/C24H15Cl2NS/c25-19-11-6-12-20(24(19)26)27(17-8-2-1-3-9-17)21-15-28-22-14-13-16-7-4-5-10-18(16)23(21)22/h1-15H. The number of halogens is 2. The van der Waals surface area contributed by atoms with Crippen molar-refractivity contribution in [1.29, 1.82) is 0 Å². The lowest BCUT2D eigenvalue weighted by Crippen LogP contribution is -2.10. The minimum Gasteiger partial charge on any atom is -0.307 e. The molecule has 0 saturated carbocycles. The molecule has 0 atom stereocenters. The molecule has 4 aromatic carbocycles. The van der Waals surface area contributed by atoms with Crippen LogP contribution < -0.4 is 4.90 Å². The lowest BCUT2D eigenvalue weighted by atomic mass is 10.1. The van der Waals surface area contributed by atoms with Crippen LogP contribution in [0.4, 0.5) is 17.1 Å². The Morgan fingerprint density at radius 2 is 1.46 bits per heavy atom. The third kappa shape index (κ3) is 2.85. The van der Waals surface area contributed by atoms with Gasteiger partial charge >= 0.3 is 0 Å². The number of hydrogen-bond donors (Lipinski definition) is 0. The second-order valence-corrected chi connectivity index (χ2v) is 8.22. The van der Waals surface area contributed by atoms with E-state index in [9.17, 15) is 0 Å². The van der Waals surface area contributed by atoms with Gasteiger partial charge in [0.2, 0.25) is 0 Å². The molecule has 5 aromatic rings. The van der Waals surface area contributed by atoms with E-state index in [0.717, 1.165) is 17.1 Å². The Hall–Kier alpha value is -2.52. The fraction of sp³-hybridized carbons (Fsp3) is 0. The normalized spacial score (nSPS) is 11.2. The van der Waals surface area contributed by atoms with Crippen molar-refractivity contribution in [2.75, 3.05) is 4.90 Å². The molecular weight excluding hydrogens is 405 g/mol. The maximum Gasteiger partial charge on any atom is 0.0832 e. The van der Waals surface area contributed by atoms with Crippen LogP contribution in [0, 0.1) is 0 Å². The van der Waals surface area contributed by atoms with E-state index in [-0.39, 0.29) is 0 Å². The first-order valence-corrected chi connectivity index (χ1v) is 10.6. The first kappa shape index (κ1) is 17.6. The molecule has 0 aliphatic rings. The first-order chi connectivity index (χ1) is 13.7. The number of thiophene rings is 1. The van der Waals surface area contributed by atoms with Crippen LogP contribution in [0.1, 0.15) is 0 Å². The smallest absolute Gasteiger partial charge is 0.0832 e. The lowest BCUT2D eigenvalue weighted by molar-refractivity contribution is 1.31. The zero-order valence-electron chi connectivity index (χ0n) is 14.8. The summed E-state index contributed by atoms with van der Waals surface area (Å²) in [6.07, 6.45) is 0. The van der Waals surface area contributed by atoms with Crippen LogP contribution in [-0.4, -0.2) is 0 Å². The maximum absolute atomic E-state index is 6.65. The van der Waals surface area contributed by atoms with Crippen LogP contribution in [0.2, 0.25) is 10.0 Å². The fourth-order valence-electron chi connectivity index (χ4n) is 3.61. The van der Waals surface area contributed by atoms with Gasteiger partial charge in [-0.15, -0.1) is 11.3 Å². The molecule has 1 aromatic heterocycles. The second-order valence-electron chi connectivity index (χ2n) is 6.52. The molecule has 0 fully saturated rings. The summed E-state index contributed by atoms with van der Waals surface area (Å²) in [4.78, 5) is 2.19. The van der Waals surface area contributed by atoms with Crippen LogP contribution in [0.25, 0.3) is 20.9 Å². The Kier molecular flexibility index (Phi) is 4.48. The van der Waals surface area contributed by atoms with Gasteiger partial charge in [0.25, 0.3) is 0 Å². The molecule has 0 N–H and O–H groups in total. The van der Waals surface area contributed by atoms with Gasteiger partial charge in [0.05, 0.1) is 21.4 Å². The molecule has 0 radical (unpaired) electrons. The molecule has 28 heavy (non-hydrogen) atoms. The highest BCUT2D eigenvalue weighted by molar-refractivity contribution is 7.18. The SMILES string of the molecule is Clc1cccc(N(c2ccccc2)c2csc3ccc4ccccc4c23)c1Cl. The summed E-state index contributed by atoms with van der Waals surface area (Å²) in [5.41, 5.74) is 3.01. The molecule has 0 aliphatic carbocycles. The molecule has 5 rings (SSSR count). The van der Waals surface area contributed by atoms with Gasteiger partial charge in [-0.3, -0.25) is 0 Å². The number of fused-ring (bicyclic) bond motifs is 3. The largest absolute Gasteiger partial charge is 0.307 e. The van der Waals surface area contributed by atoms with Crippen LogP contribution in [-0.2, 0) is 0 Å². The monoisotopic (exact) mass is 419 g/mol. The number of nitrogens with zero attached hydrogens (tertiary/aromatic N) is 1. The Bertz CT molecular complexity index is 1290. The quantitative estimate of drug-likeness (QED) is 0.282. The summed E-state index contributed by atoms with van der Waals surface area (Å²) in [5, 5.41) is 6.97. The molecule has 0 unspecified atom stereocenters. The van der Waals surface area contributed by atoms with Gasteiger partial charge in [0.15, 0.2) is 0 Å². The predicted molar refractivity (Wildman–Crippen MR) is 124 cm³/mol. The van der Waals surface area contributed by atoms with E-state index in [1.54, 1.807) is 11.3 Å². The molecule has 0 amide bonds. The van der Waals surface area contributed by atoms with Crippen molar-refractivity contribution in [3.05, 3.63) is 100 Å². The van der Waals surface area contributed by atoms with Gasteiger partial charge in [0.1, 0.15) is 0 Å². The van der Waals surface area contributed by atoms with E-state index in [0.29, 0.717) is 10.0 Å². The molecule has 1 heterocycles. The van der Waals surface area contributed by atoms with Crippen LogP contribution in [0.15, 0.2) is 90.3 Å². The number of anilines is 3. The fourth-order valence-corrected chi connectivity index (χ4v) is 4.93. The van der Waals surface area contributed by atoms with Crippen molar-refractivity contribution in [1.82, 2.24) is 0 Å². The van der Waals surface area contributed by atoms with Crippen LogP contribution in [0.5, 0.6) is 0 Å². The second kappa shape index (κ2) is 7.14. The zero-order valence-corrected chi connectivity index (χ0v) is 17.1. The Labute approximate surface area is 177 Å². The minimum atomic E-state index is 0.546. The van der Waals surface area contributed by atoms with Gasteiger partial charge in [0, 0.05) is 21.2 Å². The highest BCUT2D eigenvalue weighted by Crippen LogP contribution is 2.47. The predicted octanol–water partition coefficient (Wildman–Crippen LogP) is 8.83. The van der Waals surface area contributed by atoms with Crippen molar-refractivity contribution >= 4 is 72.5 Å². The van der Waals surface area contributed by atoms with Crippen molar-refractivity contribution in [2.24, 2.45) is 0 Å². The van der Waals surface area contributed by atoms with Gasteiger partial charge in [-0.05, 0) is 41.1 Å². The average Bonchev–Trinajstić information content (AvgIpc) is 3.16. The van der Waals surface area contributed by atoms with E-state index in [1.807, 2.05) is 36.4 Å². The first-order valence-electron chi connectivity index (χ1n) is 8.92. The topological polar surface area (TPSA) is 3.24 Å². The highest BCUT2D eigenvalue weighted by Gasteiger charge is 2.21. The molecule has 0 aliphatic heterocycles. The summed E-state index contributed by atoms with van der Waals surface area (Å²) in [6.45, 7) is 0. The van der Waals surface area contributed by atoms with E-state index in [4.69, 9.17) is 23.2 Å². The van der Waals surface area contributed by atoms with Gasteiger partial charge in [-0.25, -0.2) is 0 Å². The summed E-state index contributed by atoms with van der Waals surface area (Å²) in [7, 11) is 0. The maximum atomic E-state index is 6.65. The summed E-state index contributed by atoms with van der Waals surface area (Å²) >= 11 is 14.8. The number of para-hydroxylation sites is 1. The third-order valence-electron chi connectivity index (χ3n) is 4.87. The van der Waals surface area contributed by atoms with Crippen LogP contribution >= 0.6 is 34.5 Å². The summed E-state index contributed by atoms with van der Waals surface area (Å²) in [6, 6.07) is 28.9. The van der Waals surface area contributed by atoms with Gasteiger partial charge in [-0.2, -0.15) is 0 Å². The Morgan fingerprint density at radius 3 is 2.32 bits per heavy atom. The number of benzene rings is 4. The molecule has 0 saturated heterocycles. The average molecular weight is 420 g/mol. The van der Waals surface area contributed by atoms with Crippen molar-refractivity contribution in [3.8, 4) is 0 Å². The third-order valence-corrected chi connectivity index (χ3v) is 6.62. The number of hydrogen-bond acceptors (Lipinski definition) is 2. The molecule has 1 nitrogen and oxygen atoms in total. The highest BCUT2D eigenvalue weighted by atomic mass is 35.5. The van der Waals surface area contributed by atoms with E-state index < -0.39 is 0 Å². The Morgan fingerprint density at radius 1 is 0.679 bits per heavy atom. The summed E-state index contributed by atoms with van der Waals surface area (Å²) in [5.74, 6) is 0. The van der Waals surface area contributed by atoms with E-state index in [2.05, 4.69) is 58.8 Å². The zero-order chi connectivity index (χ0) is 19.1. The van der Waals surface area contributed by atoms with Crippen LogP contribution in [0.3, 0.4) is 0 Å². The summed E-state index contributed by atoms with van der Waals surface area (Å²) < 4.78 is 1.24. The molecule has 0 spiro atoms. The molecule has 0 bridgehead atoms.